The Morgan fingerprint density at radius 1 is 1.03 bits per heavy atom. The predicted molar refractivity (Wildman–Crippen MR) is 108 cm³/mol. The van der Waals surface area contributed by atoms with Gasteiger partial charge in [-0.15, -0.1) is 0 Å². The second-order valence-corrected chi connectivity index (χ2v) is 10.4. The van der Waals surface area contributed by atoms with Crippen molar-refractivity contribution in [3.63, 3.8) is 0 Å². The molecule has 2 N–H and O–H groups in total. The minimum absolute atomic E-state index is 0.0535. The van der Waals surface area contributed by atoms with Gasteiger partial charge in [0.1, 0.15) is 0 Å². The van der Waals surface area contributed by atoms with Crippen molar-refractivity contribution in [2.75, 3.05) is 18.4 Å². The maximum absolute atomic E-state index is 12.8. The van der Waals surface area contributed by atoms with Gasteiger partial charge in [-0.2, -0.15) is 4.31 Å². The second-order valence-electron chi connectivity index (χ2n) is 8.44. The highest BCUT2D eigenvalue weighted by molar-refractivity contribution is 7.89. The Balaban J connectivity index is 1.45. The smallest absolute Gasteiger partial charge is 0.307 e. The monoisotopic (exact) mass is 418 g/mol. The zero-order valence-corrected chi connectivity index (χ0v) is 17.1. The van der Waals surface area contributed by atoms with Crippen molar-refractivity contribution in [2.24, 2.45) is 29.6 Å². The summed E-state index contributed by atoms with van der Waals surface area (Å²) in [5.41, 5.74) is 0.470. The summed E-state index contributed by atoms with van der Waals surface area (Å²) >= 11 is 0. The number of piperidine rings is 1. The van der Waals surface area contributed by atoms with E-state index in [1.54, 1.807) is 12.1 Å². The van der Waals surface area contributed by atoms with Gasteiger partial charge >= 0.3 is 5.97 Å². The van der Waals surface area contributed by atoms with Crippen LogP contribution in [0.15, 0.2) is 41.3 Å². The van der Waals surface area contributed by atoms with Crippen LogP contribution in [-0.4, -0.2) is 42.8 Å². The summed E-state index contributed by atoms with van der Waals surface area (Å²) in [6.07, 6.45) is 6.24. The van der Waals surface area contributed by atoms with Crippen LogP contribution < -0.4 is 5.32 Å². The summed E-state index contributed by atoms with van der Waals surface area (Å²) in [5, 5.41) is 12.3. The van der Waals surface area contributed by atoms with Gasteiger partial charge in [-0.05, 0) is 61.3 Å². The molecule has 1 amide bonds. The third-order valence-electron chi connectivity index (χ3n) is 6.55. The van der Waals surface area contributed by atoms with Crippen LogP contribution in [0.2, 0.25) is 0 Å². The molecule has 1 aromatic rings. The molecule has 2 fully saturated rings. The van der Waals surface area contributed by atoms with Crippen LogP contribution in [0.3, 0.4) is 0 Å². The van der Waals surface area contributed by atoms with Crippen molar-refractivity contribution in [3.05, 3.63) is 36.4 Å². The lowest BCUT2D eigenvalue weighted by molar-refractivity contribution is -0.146. The van der Waals surface area contributed by atoms with Crippen molar-refractivity contribution < 1.29 is 23.1 Å². The summed E-state index contributed by atoms with van der Waals surface area (Å²) in [7, 11) is -3.54. The standard InChI is InChI=1S/C21H26N2O5S/c1-13-8-10-23(11-9-13)29(27,28)17-6-4-16(5-7-17)22-20(24)18-14-2-3-15(12-14)19(18)21(25)26/h2-7,13-15,18-19H,8-12H2,1H3,(H,22,24)(H,25,26)/t14-,15+,18+,19+/m1/s1. The second kappa shape index (κ2) is 7.57. The highest BCUT2D eigenvalue weighted by atomic mass is 32.2. The summed E-state index contributed by atoms with van der Waals surface area (Å²) < 4.78 is 27.1. The number of nitrogens with one attached hydrogen (secondary N) is 1. The summed E-state index contributed by atoms with van der Waals surface area (Å²) in [5.74, 6) is -2.17. The quantitative estimate of drug-likeness (QED) is 0.716. The Hall–Kier alpha value is -2.19. The van der Waals surface area contributed by atoms with Crippen molar-refractivity contribution in [1.29, 1.82) is 0 Å². The maximum Gasteiger partial charge on any atom is 0.307 e. The van der Waals surface area contributed by atoms with Gasteiger partial charge in [-0.1, -0.05) is 19.1 Å². The fourth-order valence-corrected chi connectivity index (χ4v) is 6.30. The lowest BCUT2D eigenvalue weighted by atomic mass is 9.82. The number of rotatable bonds is 5. The number of anilines is 1. The van der Waals surface area contributed by atoms with Crippen LogP contribution in [0.5, 0.6) is 0 Å². The molecule has 1 aliphatic heterocycles. The topological polar surface area (TPSA) is 104 Å². The summed E-state index contributed by atoms with van der Waals surface area (Å²) in [4.78, 5) is 24.5. The molecule has 1 heterocycles. The van der Waals surface area contributed by atoms with Crippen LogP contribution in [0, 0.1) is 29.6 Å². The Morgan fingerprint density at radius 3 is 2.21 bits per heavy atom. The third-order valence-corrected chi connectivity index (χ3v) is 8.46. The van der Waals surface area contributed by atoms with Gasteiger partial charge in [0, 0.05) is 18.8 Å². The number of benzene rings is 1. The number of amides is 1. The number of hydrogen-bond acceptors (Lipinski definition) is 4. The lowest BCUT2D eigenvalue weighted by Crippen LogP contribution is -2.37. The highest BCUT2D eigenvalue weighted by Gasteiger charge is 2.51. The average molecular weight is 419 g/mol. The van der Waals surface area contributed by atoms with E-state index in [9.17, 15) is 23.1 Å². The number of aliphatic carboxylic acids is 1. The van der Waals surface area contributed by atoms with E-state index in [1.807, 2.05) is 12.2 Å². The van der Waals surface area contributed by atoms with Crippen molar-refractivity contribution in [1.82, 2.24) is 4.31 Å². The summed E-state index contributed by atoms with van der Waals surface area (Å²) in [6.45, 7) is 3.18. The normalized spacial score (nSPS) is 29.8. The predicted octanol–water partition coefficient (Wildman–Crippen LogP) is 2.57. The molecule has 0 unspecified atom stereocenters. The zero-order valence-electron chi connectivity index (χ0n) is 16.3. The maximum atomic E-state index is 12.8. The fraction of sp³-hybridized carbons (Fsp3) is 0.524. The zero-order chi connectivity index (χ0) is 20.8. The molecular formula is C21H26N2O5S. The largest absolute Gasteiger partial charge is 0.481 e. The molecule has 4 atom stereocenters. The minimum atomic E-state index is -3.54. The number of hydrogen-bond donors (Lipinski definition) is 2. The molecule has 3 aliphatic rings. The number of nitrogens with zero attached hydrogens (tertiary/aromatic N) is 1. The number of carboxylic acids is 1. The van der Waals surface area contributed by atoms with Gasteiger partial charge in [0.25, 0.3) is 0 Å². The molecule has 2 aliphatic carbocycles. The van der Waals surface area contributed by atoms with Gasteiger partial charge in [0.2, 0.25) is 15.9 Å². The van der Waals surface area contributed by atoms with E-state index in [2.05, 4.69) is 12.2 Å². The van der Waals surface area contributed by atoms with E-state index < -0.39 is 27.8 Å². The average Bonchev–Trinajstić information content (AvgIpc) is 3.30. The van der Waals surface area contributed by atoms with E-state index in [1.165, 1.54) is 16.4 Å². The summed E-state index contributed by atoms with van der Waals surface area (Å²) in [6, 6.07) is 6.13. The van der Waals surface area contributed by atoms with E-state index in [-0.39, 0.29) is 22.6 Å². The molecule has 4 rings (SSSR count). The molecule has 1 saturated carbocycles. The first-order valence-corrected chi connectivity index (χ1v) is 11.5. The SMILES string of the molecule is CC1CCN(S(=O)(=O)c2ccc(NC(=O)[C@@H]3[C@@H](C(=O)O)[C@H]4C=C[C@@H]3C4)cc2)CC1. The molecular weight excluding hydrogens is 392 g/mol. The van der Waals surface area contributed by atoms with Crippen LogP contribution in [0.1, 0.15) is 26.2 Å². The van der Waals surface area contributed by atoms with E-state index in [0.29, 0.717) is 31.1 Å². The Labute approximate surface area is 170 Å². The molecule has 8 heteroatoms. The fourth-order valence-electron chi connectivity index (χ4n) is 4.83. The minimum Gasteiger partial charge on any atom is -0.481 e. The molecule has 29 heavy (non-hydrogen) atoms. The first-order chi connectivity index (χ1) is 13.8. The van der Waals surface area contributed by atoms with E-state index in [0.717, 1.165) is 12.8 Å². The van der Waals surface area contributed by atoms with Crippen molar-refractivity contribution in [3.8, 4) is 0 Å². The van der Waals surface area contributed by atoms with Crippen LogP contribution in [0.25, 0.3) is 0 Å². The van der Waals surface area contributed by atoms with Gasteiger partial charge in [0.05, 0.1) is 16.7 Å². The molecule has 156 valence electrons. The molecule has 0 aromatic heterocycles. The van der Waals surface area contributed by atoms with Crippen LogP contribution in [-0.2, 0) is 19.6 Å². The molecule has 2 bridgehead atoms. The number of fused-ring (bicyclic) bond motifs is 2. The first-order valence-electron chi connectivity index (χ1n) is 10.1. The number of allylic oxidation sites excluding steroid dienone is 2. The van der Waals surface area contributed by atoms with E-state index in [4.69, 9.17) is 0 Å². The number of carbonyl (C=O) groups excluding carboxylic acids is 1. The molecule has 0 spiro atoms. The molecule has 7 nitrogen and oxygen atoms in total. The van der Waals surface area contributed by atoms with Gasteiger partial charge < -0.3 is 10.4 Å². The third kappa shape index (κ3) is 3.71. The van der Waals surface area contributed by atoms with Crippen molar-refractivity contribution in [2.45, 2.75) is 31.1 Å². The van der Waals surface area contributed by atoms with Crippen LogP contribution in [0.4, 0.5) is 5.69 Å². The highest BCUT2D eigenvalue weighted by Crippen LogP contribution is 2.48. The number of carboxylic acid groups (broad SMARTS) is 1. The Bertz CT molecular complexity index is 932. The number of carbonyl (C=O) groups is 2. The number of sulfonamides is 1. The van der Waals surface area contributed by atoms with Crippen molar-refractivity contribution >= 4 is 27.6 Å². The van der Waals surface area contributed by atoms with Gasteiger partial charge in [-0.3, -0.25) is 9.59 Å². The van der Waals surface area contributed by atoms with Gasteiger partial charge in [-0.25, -0.2) is 8.42 Å². The Kier molecular flexibility index (Phi) is 5.25. The van der Waals surface area contributed by atoms with E-state index >= 15 is 0 Å². The Morgan fingerprint density at radius 2 is 1.62 bits per heavy atom. The lowest BCUT2D eigenvalue weighted by Gasteiger charge is -2.29. The van der Waals surface area contributed by atoms with Crippen LogP contribution >= 0.6 is 0 Å². The molecule has 1 saturated heterocycles. The van der Waals surface area contributed by atoms with Gasteiger partial charge in [0.15, 0.2) is 0 Å². The first kappa shape index (κ1) is 20.1. The molecule has 0 radical (unpaired) electrons. The molecule has 1 aromatic carbocycles.